The van der Waals surface area contributed by atoms with E-state index in [0.717, 1.165) is 12.1 Å². The Kier molecular flexibility index (Phi) is 7.62. The molecule has 1 aliphatic heterocycles. The molecule has 1 N–H and O–H groups in total. The fourth-order valence-corrected chi connectivity index (χ4v) is 4.61. The van der Waals surface area contributed by atoms with Gasteiger partial charge in [-0.05, 0) is 30.3 Å². The number of para-hydroxylation sites is 1. The van der Waals surface area contributed by atoms with Gasteiger partial charge in [0.2, 0.25) is 10.0 Å². The fourth-order valence-electron chi connectivity index (χ4n) is 3.27. The third-order valence-electron chi connectivity index (χ3n) is 4.97. The van der Waals surface area contributed by atoms with Crippen LogP contribution in [0.3, 0.4) is 0 Å². The van der Waals surface area contributed by atoms with E-state index in [1.165, 1.54) is 10.4 Å². The molecule has 1 heterocycles. The van der Waals surface area contributed by atoms with Crippen molar-refractivity contribution < 1.29 is 31.1 Å². The van der Waals surface area contributed by atoms with Gasteiger partial charge in [0.15, 0.2) is 6.61 Å². The number of rotatable bonds is 8. The Morgan fingerprint density at radius 2 is 1.69 bits per heavy atom. The van der Waals surface area contributed by atoms with Gasteiger partial charge in [0.25, 0.3) is 5.91 Å². The third kappa shape index (κ3) is 6.60. The summed E-state index contributed by atoms with van der Waals surface area (Å²) in [5.41, 5.74) is -0.334. The normalized spacial score (nSPS) is 15.4. The lowest BCUT2D eigenvalue weighted by atomic mass is 10.1. The molecule has 0 unspecified atom stereocenters. The second-order valence-electron chi connectivity index (χ2n) is 7.20. The molecule has 7 nitrogen and oxygen atoms in total. The van der Waals surface area contributed by atoms with Crippen molar-refractivity contribution in [1.82, 2.24) is 9.62 Å². The van der Waals surface area contributed by atoms with Gasteiger partial charge in [0, 0.05) is 38.4 Å². The number of halogens is 3. The highest BCUT2D eigenvalue weighted by Gasteiger charge is 2.32. The summed E-state index contributed by atoms with van der Waals surface area (Å²) in [6.07, 6.45) is -4.43. The number of hydrogen-bond acceptors (Lipinski definition) is 5. The average Bonchev–Trinajstić information content (AvgIpc) is 2.78. The highest BCUT2D eigenvalue weighted by molar-refractivity contribution is 7.89. The van der Waals surface area contributed by atoms with Crippen LogP contribution in [-0.4, -0.2) is 63.7 Å². The van der Waals surface area contributed by atoms with Crippen LogP contribution in [0.25, 0.3) is 0 Å². The minimum Gasteiger partial charge on any atom is -0.484 e. The molecule has 1 aliphatic rings. The van der Waals surface area contributed by atoms with Gasteiger partial charge in [-0.15, -0.1) is 0 Å². The molecular formula is C21H24F3N3O4S. The molecule has 0 spiro atoms. The van der Waals surface area contributed by atoms with Gasteiger partial charge >= 0.3 is 6.18 Å². The van der Waals surface area contributed by atoms with Crippen molar-refractivity contribution in [3.63, 3.8) is 0 Å². The van der Waals surface area contributed by atoms with Gasteiger partial charge < -0.3 is 15.0 Å². The van der Waals surface area contributed by atoms with E-state index in [2.05, 4.69) is 5.32 Å². The van der Waals surface area contributed by atoms with E-state index in [1.807, 2.05) is 6.07 Å². The minimum absolute atomic E-state index is 0.0623. The quantitative estimate of drug-likeness (QED) is 0.640. The Hall–Kier alpha value is -2.79. The predicted molar refractivity (Wildman–Crippen MR) is 114 cm³/mol. The van der Waals surface area contributed by atoms with Gasteiger partial charge in [0.05, 0.1) is 11.3 Å². The van der Waals surface area contributed by atoms with Crippen molar-refractivity contribution in [2.75, 3.05) is 50.0 Å². The van der Waals surface area contributed by atoms with Crippen LogP contribution in [-0.2, 0) is 21.0 Å². The minimum atomic E-state index is -4.43. The zero-order valence-electron chi connectivity index (χ0n) is 17.2. The monoisotopic (exact) mass is 471 g/mol. The lowest BCUT2D eigenvalue weighted by Crippen LogP contribution is -2.50. The van der Waals surface area contributed by atoms with Crippen LogP contribution in [0, 0.1) is 0 Å². The second kappa shape index (κ2) is 10.2. The van der Waals surface area contributed by atoms with Crippen LogP contribution >= 0.6 is 0 Å². The number of amides is 1. The molecule has 1 amide bonds. The van der Waals surface area contributed by atoms with Gasteiger partial charge in [-0.1, -0.05) is 24.3 Å². The zero-order chi connectivity index (χ0) is 23.2. The lowest BCUT2D eigenvalue weighted by molar-refractivity contribution is -0.137. The van der Waals surface area contributed by atoms with E-state index in [9.17, 15) is 26.4 Å². The standard InChI is InChI=1S/C21H24F3N3O4S/c22-21(23,24)17-5-4-6-18(15-17)26-10-12-27(13-11-26)32(29,30)14-9-25-20(28)16-31-19-7-2-1-3-8-19/h1-8,15H,9-14,16H2,(H,25,28). The van der Waals surface area contributed by atoms with Crippen molar-refractivity contribution in [1.29, 1.82) is 0 Å². The average molecular weight is 472 g/mol. The maximum Gasteiger partial charge on any atom is 0.416 e. The summed E-state index contributed by atoms with van der Waals surface area (Å²) in [7, 11) is -3.61. The molecule has 2 aromatic rings. The Labute approximate surface area is 184 Å². The largest absolute Gasteiger partial charge is 0.484 e. The molecule has 1 fully saturated rings. The molecule has 0 saturated carbocycles. The highest BCUT2D eigenvalue weighted by Crippen LogP contribution is 2.32. The number of nitrogens with zero attached hydrogens (tertiary/aromatic N) is 2. The second-order valence-corrected chi connectivity index (χ2v) is 9.29. The van der Waals surface area contributed by atoms with Crippen LogP contribution < -0.4 is 15.0 Å². The van der Waals surface area contributed by atoms with Crippen LogP contribution in [0.15, 0.2) is 54.6 Å². The van der Waals surface area contributed by atoms with Crippen molar-refractivity contribution in [2.24, 2.45) is 0 Å². The Bertz CT molecular complexity index is 1010. The Morgan fingerprint density at radius 3 is 2.34 bits per heavy atom. The molecule has 174 valence electrons. The van der Waals surface area contributed by atoms with E-state index >= 15 is 0 Å². The van der Waals surface area contributed by atoms with Crippen molar-refractivity contribution in [3.8, 4) is 5.75 Å². The summed E-state index contributed by atoms with van der Waals surface area (Å²) in [4.78, 5) is 13.6. The van der Waals surface area contributed by atoms with Crippen molar-refractivity contribution in [2.45, 2.75) is 6.18 Å². The van der Waals surface area contributed by atoms with Crippen molar-refractivity contribution in [3.05, 3.63) is 60.2 Å². The summed E-state index contributed by atoms with van der Waals surface area (Å²) in [6, 6.07) is 13.8. The molecular weight excluding hydrogens is 447 g/mol. The summed E-state index contributed by atoms with van der Waals surface area (Å²) in [6.45, 7) is 0.579. The van der Waals surface area contributed by atoms with Crippen LogP contribution in [0.2, 0.25) is 0 Å². The number of ether oxygens (including phenoxy) is 1. The third-order valence-corrected chi connectivity index (χ3v) is 6.84. The van der Waals surface area contributed by atoms with E-state index in [1.54, 1.807) is 35.2 Å². The molecule has 0 aliphatic carbocycles. The first-order chi connectivity index (χ1) is 15.1. The van der Waals surface area contributed by atoms with Crippen LogP contribution in [0.1, 0.15) is 5.56 Å². The lowest BCUT2D eigenvalue weighted by Gasteiger charge is -2.35. The van der Waals surface area contributed by atoms with E-state index in [4.69, 9.17) is 4.74 Å². The molecule has 0 aromatic heterocycles. The van der Waals surface area contributed by atoms with Crippen molar-refractivity contribution >= 4 is 21.6 Å². The van der Waals surface area contributed by atoms with Gasteiger partial charge in [-0.2, -0.15) is 17.5 Å². The number of nitrogens with one attached hydrogen (secondary N) is 1. The molecule has 2 aromatic carbocycles. The molecule has 0 radical (unpaired) electrons. The number of carbonyl (C=O) groups excluding carboxylic acids is 1. The SMILES string of the molecule is O=C(COc1ccccc1)NCCS(=O)(=O)N1CCN(c2cccc(C(F)(F)F)c2)CC1. The first-order valence-corrected chi connectivity index (χ1v) is 11.6. The van der Waals surface area contributed by atoms with E-state index in [0.29, 0.717) is 11.4 Å². The van der Waals surface area contributed by atoms with Crippen LogP contribution in [0.4, 0.5) is 18.9 Å². The molecule has 0 atom stereocenters. The zero-order valence-corrected chi connectivity index (χ0v) is 18.0. The number of sulfonamides is 1. The van der Waals surface area contributed by atoms with Gasteiger partial charge in [0.1, 0.15) is 5.75 Å². The Balaban J connectivity index is 1.44. The molecule has 32 heavy (non-hydrogen) atoms. The van der Waals surface area contributed by atoms with Gasteiger partial charge in [-0.25, -0.2) is 8.42 Å². The summed E-state index contributed by atoms with van der Waals surface area (Å²) in [5, 5.41) is 2.52. The maximum absolute atomic E-state index is 12.9. The molecule has 11 heteroatoms. The topological polar surface area (TPSA) is 78.9 Å². The highest BCUT2D eigenvalue weighted by atomic mass is 32.2. The van der Waals surface area contributed by atoms with Crippen LogP contribution in [0.5, 0.6) is 5.75 Å². The van der Waals surface area contributed by atoms with Gasteiger partial charge in [-0.3, -0.25) is 4.79 Å². The Morgan fingerprint density at radius 1 is 1.00 bits per heavy atom. The predicted octanol–water partition coefficient (Wildman–Crippen LogP) is 2.35. The first kappa shape index (κ1) is 23.9. The number of benzene rings is 2. The maximum atomic E-state index is 12.9. The number of hydrogen-bond donors (Lipinski definition) is 1. The molecule has 3 rings (SSSR count). The summed E-state index contributed by atoms with van der Waals surface area (Å²) >= 11 is 0. The summed E-state index contributed by atoms with van der Waals surface area (Å²) in [5.74, 6) is -0.166. The number of alkyl halides is 3. The molecule has 0 bridgehead atoms. The smallest absolute Gasteiger partial charge is 0.416 e. The first-order valence-electron chi connectivity index (χ1n) is 10.00. The van der Waals surface area contributed by atoms with E-state index in [-0.39, 0.29) is 45.1 Å². The number of carbonyl (C=O) groups is 1. The number of piperazine rings is 1. The molecule has 1 saturated heterocycles. The summed E-state index contributed by atoms with van der Waals surface area (Å²) < 4.78 is 70.5. The fraction of sp³-hybridized carbons (Fsp3) is 0.381. The number of anilines is 1. The van der Waals surface area contributed by atoms with E-state index < -0.39 is 27.7 Å².